The van der Waals surface area contributed by atoms with Gasteiger partial charge >= 0.3 is 12.0 Å². The van der Waals surface area contributed by atoms with Crippen molar-refractivity contribution in [2.75, 3.05) is 11.9 Å². The van der Waals surface area contributed by atoms with E-state index >= 15 is 0 Å². The molecule has 0 bridgehead atoms. The molecule has 19 heavy (non-hydrogen) atoms. The Morgan fingerprint density at radius 2 is 1.89 bits per heavy atom. The van der Waals surface area contributed by atoms with Crippen molar-refractivity contribution in [3.8, 4) is 0 Å². The van der Waals surface area contributed by atoms with Crippen molar-refractivity contribution in [1.82, 2.24) is 5.32 Å². The molecule has 0 fully saturated rings. The highest BCUT2D eigenvalue weighted by Crippen LogP contribution is 2.09. The minimum Gasteiger partial charge on any atom is -0.480 e. The monoisotopic (exact) mass is 266 g/mol. The van der Waals surface area contributed by atoms with E-state index in [1.807, 2.05) is 19.1 Å². The maximum Gasteiger partial charge on any atom is 0.326 e. The van der Waals surface area contributed by atoms with Gasteiger partial charge in [-0.15, -0.1) is 0 Å². The highest BCUT2D eigenvalue weighted by atomic mass is 16.4. The van der Waals surface area contributed by atoms with Gasteiger partial charge in [-0.25, -0.2) is 9.59 Å². The molecule has 1 rings (SSSR count). The lowest BCUT2D eigenvalue weighted by atomic mass is 10.1. The SMILES string of the molecule is CCc1ccc(NC(=O)N[C@@H](CCO)C(=O)O)cc1. The van der Waals surface area contributed by atoms with Crippen molar-refractivity contribution in [1.29, 1.82) is 0 Å². The second kappa shape index (κ2) is 7.38. The van der Waals surface area contributed by atoms with Gasteiger partial charge in [-0.05, 0) is 24.1 Å². The van der Waals surface area contributed by atoms with Crippen molar-refractivity contribution in [3.05, 3.63) is 29.8 Å². The van der Waals surface area contributed by atoms with E-state index in [4.69, 9.17) is 10.2 Å². The Morgan fingerprint density at radius 1 is 1.26 bits per heavy atom. The molecule has 2 amide bonds. The summed E-state index contributed by atoms with van der Waals surface area (Å²) in [5.74, 6) is -1.18. The summed E-state index contributed by atoms with van der Waals surface area (Å²) in [6, 6.07) is 5.57. The zero-order valence-electron chi connectivity index (χ0n) is 10.7. The fourth-order valence-corrected chi connectivity index (χ4v) is 1.54. The summed E-state index contributed by atoms with van der Waals surface area (Å²) in [6.07, 6.45) is 0.877. The summed E-state index contributed by atoms with van der Waals surface area (Å²) >= 11 is 0. The maximum atomic E-state index is 11.6. The Balaban J connectivity index is 2.55. The number of aryl methyl sites for hydroxylation is 1. The molecular weight excluding hydrogens is 248 g/mol. The highest BCUT2D eigenvalue weighted by Gasteiger charge is 2.18. The van der Waals surface area contributed by atoms with E-state index in [2.05, 4.69) is 10.6 Å². The number of benzene rings is 1. The second-order valence-corrected chi connectivity index (χ2v) is 4.05. The third-order valence-corrected chi connectivity index (χ3v) is 2.64. The molecule has 6 nitrogen and oxygen atoms in total. The molecule has 0 aromatic heterocycles. The minimum absolute atomic E-state index is 0.0302. The zero-order chi connectivity index (χ0) is 14.3. The molecule has 0 heterocycles. The lowest BCUT2D eigenvalue weighted by Crippen LogP contribution is -2.43. The van der Waals surface area contributed by atoms with Crippen LogP contribution in [0.4, 0.5) is 10.5 Å². The average Bonchev–Trinajstić information content (AvgIpc) is 2.39. The molecule has 4 N–H and O–H groups in total. The molecule has 0 saturated heterocycles. The summed E-state index contributed by atoms with van der Waals surface area (Å²) in [6.45, 7) is 1.73. The largest absolute Gasteiger partial charge is 0.480 e. The Bertz CT molecular complexity index is 431. The van der Waals surface area contributed by atoms with Crippen molar-refractivity contribution < 1.29 is 19.8 Å². The number of amides is 2. The van der Waals surface area contributed by atoms with E-state index in [1.54, 1.807) is 12.1 Å². The molecule has 1 atom stereocenters. The third-order valence-electron chi connectivity index (χ3n) is 2.64. The molecule has 6 heteroatoms. The standard InChI is InChI=1S/C13H18N2O4/c1-2-9-3-5-10(6-4-9)14-13(19)15-11(7-8-16)12(17)18/h3-6,11,16H,2,7-8H2,1H3,(H,17,18)(H2,14,15,19)/t11-/m0/s1. The van der Waals surface area contributed by atoms with Gasteiger partial charge in [0.15, 0.2) is 0 Å². The second-order valence-electron chi connectivity index (χ2n) is 4.05. The van der Waals surface area contributed by atoms with Gasteiger partial charge < -0.3 is 20.8 Å². The van der Waals surface area contributed by atoms with E-state index in [0.717, 1.165) is 12.0 Å². The number of hydrogen-bond donors (Lipinski definition) is 4. The van der Waals surface area contributed by atoms with Crippen LogP contribution >= 0.6 is 0 Å². The van der Waals surface area contributed by atoms with Gasteiger partial charge in [0.2, 0.25) is 0 Å². The first-order valence-electron chi connectivity index (χ1n) is 6.07. The van der Waals surface area contributed by atoms with E-state index in [0.29, 0.717) is 5.69 Å². The molecule has 0 spiro atoms. The number of anilines is 1. The van der Waals surface area contributed by atoms with Crippen molar-refractivity contribution in [3.63, 3.8) is 0 Å². The average molecular weight is 266 g/mol. The fourth-order valence-electron chi connectivity index (χ4n) is 1.54. The summed E-state index contributed by atoms with van der Waals surface area (Å²) in [5.41, 5.74) is 1.73. The van der Waals surface area contributed by atoms with Crippen LogP contribution in [0.25, 0.3) is 0 Å². The first-order chi connectivity index (χ1) is 9.06. The molecule has 0 aliphatic heterocycles. The van der Waals surface area contributed by atoms with Crippen LogP contribution in [0.1, 0.15) is 18.9 Å². The molecule has 0 unspecified atom stereocenters. The van der Waals surface area contributed by atoms with Crippen LogP contribution in [0.15, 0.2) is 24.3 Å². The molecule has 1 aromatic carbocycles. The Labute approximate surface area is 111 Å². The van der Waals surface area contributed by atoms with Gasteiger partial charge in [0.25, 0.3) is 0 Å². The topological polar surface area (TPSA) is 98.7 Å². The van der Waals surface area contributed by atoms with Gasteiger partial charge in [0, 0.05) is 18.7 Å². The number of urea groups is 1. The smallest absolute Gasteiger partial charge is 0.326 e. The van der Waals surface area contributed by atoms with Gasteiger partial charge in [-0.1, -0.05) is 19.1 Å². The van der Waals surface area contributed by atoms with Gasteiger partial charge in [0.05, 0.1) is 0 Å². The molecule has 0 aliphatic carbocycles. The number of carbonyl (C=O) groups is 2. The number of aliphatic hydroxyl groups is 1. The molecular formula is C13H18N2O4. The molecule has 0 aliphatic rings. The molecule has 0 radical (unpaired) electrons. The van der Waals surface area contributed by atoms with Crippen molar-refractivity contribution in [2.24, 2.45) is 0 Å². The fraction of sp³-hybridized carbons (Fsp3) is 0.385. The molecule has 104 valence electrons. The van der Waals surface area contributed by atoms with Crippen LogP contribution < -0.4 is 10.6 Å². The van der Waals surface area contributed by atoms with E-state index in [9.17, 15) is 9.59 Å². The van der Waals surface area contributed by atoms with E-state index < -0.39 is 18.0 Å². The number of carboxylic acids is 1. The molecule has 1 aromatic rings. The summed E-state index contributed by atoms with van der Waals surface area (Å²) < 4.78 is 0. The quantitative estimate of drug-likeness (QED) is 0.622. The van der Waals surface area contributed by atoms with Crippen molar-refractivity contribution >= 4 is 17.7 Å². The summed E-state index contributed by atoms with van der Waals surface area (Å²) in [5, 5.41) is 22.4. The number of hydrogen-bond acceptors (Lipinski definition) is 3. The third kappa shape index (κ3) is 4.97. The highest BCUT2D eigenvalue weighted by molar-refractivity contribution is 5.92. The van der Waals surface area contributed by atoms with Gasteiger partial charge in [-0.3, -0.25) is 0 Å². The predicted octanol–water partition coefficient (Wildman–Crippen LogP) is 1.21. The van der Waals surface area contributed by atoms with Gasteiger partial charge in [-0.2, -0.15) is 0 Å². The number of aliphatic hydroxyl groups excluding tert-OH is 1. The van der Waals surface area contributed by atoms with Crippen LogP contribution in [0, 0.1) is 0 Å². The number of nitrogens with one attached hydrogen (secondary N) is 2. The Morgan fingerprint density at radius 3 is 2.37 bits per heavy atom. The van der Waals surface area contributed by atoms with Crippen LogP contribution in [0.3, 0.4) is 0 Å². The number of aliphatic carboxylic acids is 1. The van der Waals surface area contributed by atoms with Crippen molar-refractivity contribution in [2.45, 2.75) is 25.8 Å². The summed E-state index contributed by atoms with van der Waals surface area (Å²) in [4.78, 5) is 22.4. The Kier molecular flexibility index (Phi) is 5.81. The number of carboxylic acid groups (broad SMARTS) is 1. The lowest BCUT2D eigenvalue weighted by Gasteiger charge is -2.14. The van der Waals surface area contributed by atoms with Gasteiger partial charge in [0.1, 0.15) is 6.04 Å². The van der Waals surface area contributed by atoms with Crippen LogP contribution in [-0.2, 0) is 11.2 Å². The Hall–Kier alpha value is -2.08. The van der Waals surface area contributed by atoms with Crippen LogP contribution in [-0.4, -0.2) is 34.9 Å². The minimum atomic E-state index is -1.18. The normalized spacial score (nSPS) is 11.7. The first-order valence-corrected chi connectivity index (χ1v) is 6.07. The van der Waals surface area contributed by atoms with E-state index in [1.165, 1.54) is 0 Å². The number of rotatable bonds is 6. The first kappa shape index (κ1) is 15.0. The summed E-state index contributed by atoms with van der Waals surface area (Å²) in [7, 11) is 0. The van der Waals surface area contributed by atoms with E-state index in [-0.39, 0.29) is 13.0 Å². The molecule has 0 saturated carbocycles. The van der Waals surface area contributed by atoms with Crippen LogP contribution in [0.5, 0.6) is 0 Å². The van der Waals surface area contributed by atoms with Crippen LogP contribution in [0.2, 0.25) is 0 Å². The lowest BCUT2D eigenvalue weighted by molar-refractivity contribution is -0.139. The number of carbonyl (C=O) groups excluding carboxylic acids is 1. The predicted molar refractivity (Wildman–Crippen MR) is 71.1 cm³/mol. The zero-order valence-corrected chi connectivity index (χ0v) is 10.7. The maximum absolute atomic E-state index is 11.6.